The Kier molecular flexibility index (Phi) is 3.31. The van der Waals surface area contributed by atoms with Gasteiger partial charge < -0.3 is 11.1 Å². The summed E-state index contributed by atoms with van der Waals surface area (Å²) in [5, 5.41) is 3.01. The maximum absolute atomic E-state index is 11.9. The van der Waals surface area contributed by atoms with E-state index in [1.807, 2.05) is 6.92 Å². The number of anilines is 1. The van der Waals surface area contributed by atoms with Crippen molar-refractivity contribution in [3.63, 3.8) is 0 Å². The standard InChI is InChI=1S/C13H19N3O/c1-3-4-9-6-12(9)16-13(17)10-7-15-8(2)5-11(10)14/h5,7,9,12H,3-4,6H2,1-2H3,(H2,14,15)(H,16,17). The second-order valence-corrected chi connectivity index (χ2v) is 4.78. The summed E-state index contributed by atoms with van der Waals surface area (Å²) >= 11 is 0. The molecule has 1 aliphatic carbocycles. The number of aryl methyl sites for hydroxylation is 1. The third kappa shape index (κ3) is 2.75. The summed E-state index contributed by atoms with van der Waals surface area (Å²) in [6.07, 6.45) is 5.01. The quantitative estimate of drug-likeness (QED) is 0.834. The lowest BCUT2D eigenvalue weighted by atomic mass is 10.2. The molecule has 0 saturated heterocycles. The van der Waals surface area contributed by atoms with E-state index in [1.54, 1.807) is 12.3 Å². The fourth-order valence-electron chi connectivity index (χ4n) is 2.13. The average Bonchev–Trinajstić information content (AvgIpc) is 2.96. The van der Waals surface area contributed by atoms with Crippen molar-refractivity contribution >= 4 is 11.6 Å². The lowest BCUT2D eigenvalue weighted by molar-refractivity contribution is 0.0949. The highest BCUT2D eigenvalue weighted by atomic mass is 16.1. The smallest absolute Gasteiger partial charge is 0.255 e. The number of carbonyl (C=O) groups excluding carboxylic acids is 1. The van der Waals surface area contributed by atoms with Crippen LogP contribution >= 0.6 is 0 Å². The zero-order valence-electron chi connectivity index (χ0n) is 10.4. The number of nitrogens with zero attached hydrogens (tertiary/aromatic N) is 1. The van der Waals surface area contributed by atoms with Gasteiger partial charge in [-0.25, -0.2) is 0 Å². The molecule has 0 aliphatic heterocycles. The van der Waals surface area contributed by atoms with E-state index >= 15 is 0 Å². The molecule has 1 heterocycles. The highest BCUT2D eigenvalue weighted by molar-refractivity contribution is 5.99. The zero-order valence-corrected chi connectivity index (χ0v) is 10.4. The van der Waals surface area contributed by atoms with Crippen molar-refractivity contribution in [1.29, 1.82) is 0 Å². The number of nitrogens with one attached hydrogen (secondary N) is 1. The Labute approximate surface area is 102 Å². The van der Waals surface area contributed by atoms with Gasteiger partial charge in [-0.15, -0.1) is 0 Å². The van der Waals surface area contributed by atoms with Crippen LogP contribution in [0.15, 0.2) is 12.3 Å². The molecule has 1 aromatic rings. The number of hydrogen-bond donors (Lipinski definition) is 2. The molecular weight excluding hydrogens is 214 g/mol. The van der Waals surface area contributed by atoms with Crippen molar-refractivity contribution < 1.29 is 4.79 Å². The first kappa shape index (κ1) is 11.9. The van der Waals surface area contributed by atoms with Gasteiger partial charge >= 0.3 is 0 Å². The van der Waals surface area contributed by atoms with E-state index in [9.17, 15) is 4.79 Å². The molecule has 1 fully saturated rings. The number of carbonyl (C=O) groups is 1. The minimum atomic E-state index is -0.0985. The maximum Gasteiger partial charge on any atom is 0.255 e. The lowest BCUT2D eigenvalue weighted by Crippen LogP contribution is -2.27. The Bertz CT molecular complexity index is 431. The van der Waals surface area contributed by atoms with Gasteiger partial charge in [0.15, 0.2) is 0 Å². The van der Waals surface area contributed by atoms with E-state index < -0.39 is 0 Å². The Morgan fingerprint density at radius 2 is 2.41 bits per heavy atom. The van der Waals surface area contributed by atoms with Crippen LogP contribution in [-0.2, 0) is 0 Å². The van der Waals surface area contributed by atoms with Crippen LogP contribution in [0.1, 0.15) is 42.2 Å². The fraction of sp³-hybridized carbons (Fsp3) is 0.538. The topological polar surface area (TPSA) is 68.0 Å². The van der Waals surface area contributed by atoms with Crippen molar-refractivity contribution in [1.82, 2.24) is 10.3 Å². The van der Waals surface area contributed by atoms with Gasteiger partial charge in [-0.1, -0.05) is 13.3 Å². The van der Waals surface area contributed by atoms with Crippen molar-refractivity contribution in [2.45, 2.75) is 39.2 Å². The van der Waals surface area contributed by atoms with Gasteiger partial charge in [0.2, 0.25) is 0 Å². The largest absolute Gasteiger partial charge is 0.398 e. The zero-order chi connectivity index (χ0) is 12.4. The minimum Gasteiger partial charge on any atom is -0.398 e. The summed E-state index contributed by atoms with van der Waals surface area (Å²) in [4.78, 5) is 16.0. The summed E-state index contributed by atoms with van der Waals surface area (Å²) in [6.45, 7) is 4.02. The molecule has 2 atom stereocenters. The second kappa shape index (κ2) is 4.73. The predicted octanol–water partition coefficient (Wildman–Crippen LogP) is 1.89. The number of nitrogens with two attached hydrogens (primary N) is 1. The molecule has 17 heavy (non-hydrogen) atoms. The molecule has 0 spiro atoms. The average molecular weight is 233 g/mol. The first-order valence-electron chi connectivity index (χ1n) is 6.14. The molecule has 3 N–H and O–H groups in total. The highest BCUT2D eigenvalue weighted by Crippen LogP contribution is 2.34. The molecule has 0 aromatic carbocycles. The summed E-state index contributed by atoms with van der Waals surface area (Å²) < 4.78 is 0. The Balaban J connectivity index is 1.96. The van der Waals surface area contributed by atoms with Gasteiger partial charge in [-0.2, -0.15) is 0 Å². The van der Waals surface area contributed by atoms with Crippen LogP contribution in [0.5, 0.6) is 0 Å². The van der Waals surface area contributed by atoms with Crippen LogP contribution < -0.4 is 11.1 Å². The van der Waals surface area contributed by atoms with Crippen molar-refractivity contribution in [2.75, 3.05) is 5.73 Å². The SMILES string of the molecule is CCCC1CC1NC(=O)c1cnc(C)cc1N. The van der Waals surface area contributed by atoms with Crippen LogP contribution in [0, 0.1) is 12.8 Å². The first-order valence-corrected chi connectivity index (χ1v) is 6.14. The molecule has 4 nitrogen and oxygen atoms in total. The van der Waals surface area contributed by atoms with Gasteiger partial charge in [0.05, 0.1) is 5.56 Å². The van der Waals surface area contributed by atoms with E-state index in [0.29, 0.717) is 23.2 Å². The second-order valence-electron chi connectivity index (χ2n) is 4.78. The number of nitrogen functional groups attached to an aromatic ring is 1. The van der Waals surface area contributed by atoms with Crippen LogP contribution in [-0.4, -0.2) is 16.9 Å². The lowest BCUT2D eigenvalue weighted by Gasteiger charge is -2.07. The third-order valence-electron chi connectivity index (χ3n) is 3.22. The molecule has 4 heteroatoms. The molecule has 92 valence electrons. The first-order chi connectivity index (χ1) is 8.11. The number of rotatable bonds is 4. The highest BCUT2D eigenvalue weighted by Gasteiger charge is 2.37. The maximum atomic E-state index is 11.9. The van der Waals surface area contributed by atoms with Gasteiger partial charge in [-0.05, 0) is 31.7 Å². The van der Waals surface area contributed by atoms with E-state index in [2.05, 4.69) is 17.2 Å². The van der Waals surface area contributed by atoms with Crippen LogP contribution in [0.4, 0.5) is 5.69 Å². The molecule has 2 rings (SSSR count). The molecule has 1 saturated carbocycles. The number of amides is 1. The normalized spacial score (nSPS) is 22.2. The fourth-order valence-corrected chi connectivity index (χ4v) is 2.13. The Morgan fingerprint density at radius 1 is 1.65 bits per heavy atom. The van der Waals surface area contributed by atoms with E-state index in [0.717, 1.165) is 12.1 Å². The van der Waals surface area contributed by atoms with E-state index in [1.165, 1.54) is 12.8 Å². The number of aromatic nitrogens is 1. The third-order valence-corrected chi connectivity index (χ3v) is 3.22. The van der Waals surface area contributed by atoms with Crippen molar-refractivity contribution in [3.05, 3.63) is 23.5 Å². The predicted molar refractivity (Wildman–Crippen MR) is 67.7 cm³/mol. The monoisotopic (exact) mass is 233 g/mol. The molecule has 1 amide bonds. The van der Waals surface area contributed by atoms with Gasteiger partial charge in [0, 0.05) is 23.6 Å². The molecular formula is C13H19N3O. The Morgan fingerprint density at radius 3 is 3.06 bits per heavy atom. The van der Waals surface area contributed by atoms with E-state index in [-0.39, 0.29) is 5.91 Å². The van der Waals surface area contributed by atoms with Crippen LogP contribution in [0.3, 0.4) is 0 Å². The minimum absolute atomic E-state index is 0.0985. The van der Waals surface area contributed by atoms with Crippen LogP contribution in [0.2, 0.25) is 0 Å². The molecule has 2 unspecified atom stereocenters. The van der Waals surface area contributed by atoms with Crippen LogP contribution in [0.25, 0.3) is 0 Å². The Hall–Kier alpha value is -1.58. The molecule has 0 bridgehead atoms. The number of hydrogen-bond acceptors (Lipinski definition) is 3. The molecule has 0 radical (unpaired) electrons. The van der Waals surface area contributed by atoms with Crippen molar-refractivity contribution in [3.8, 4) is 0 Å². The van der Waals surface area contributed by atoms with Gasteiger partial charge in [0.1, 0.15) is 0 Å². The molecule has 1 aliphatic rings. The van der Waals surface area contributed by atoms with Gasteiger partial charge in [0.25, 0.3) is 5.91 Å². The summed E-state index contributed by atoms with van der Waals surface area (Å²) in [5.74, 6) is 0.558. The molecule has 1 aromatic heterocycles. The number of pyridine rings is 1. The van der Waals surface area contributed by atoms with Crippen molar-refractivity contribution in [2.24, 2.45) is 5.92 Å². The van der Waals surface area contributed by atoms with Gasteiger partial charge in [-0.3, -0.25) is 9.78 Å². The summed E-state index contributed by atoms with van der Waals surface area (Å²) in [5.41, 5.74) is 7.63. The summed E-state index contributed by atoms with van der Waals surface area (Å²) in [6, 6.07) is 2.06. The summed E-state index contributed by atoms with van der Waals surface area (Å²) in [7, 11) is 0. The van der Waals surface area contributed by atoms with E-state index in [4.69, 9.17) is 5.73 Å².